The summed E-state index contributed by atoms with van der Waals surface area (Å²) in [5, 5.41) is 8.04. The average molecular weight is 304 g/mol. The van der Waals surface area contributed by atoms with Crippen molar-refractivity contribution in [1.82, 2.24) is 0 Å². The summed E-state index contributed by atoms with van der Waals surface area (Å²) in [4.78, 5) is 0. The molecule has 0 aromatic heterocycles. The first-order valence-corrected chi connectivity index (χ1v) is 7.42. The Morgan fingerprint density at radius 2 is 0.636 bits per heavy atom. The molecule has 4 rings (SSSR count). The zero-order chi connectivity index (χ0) is 15.5. The van der Waals surface area contributed by atoms with Crippen molar-refractivity contribution in [3.63, 3.8) is 0 Å². The van der Waals surface area contributed by atoms with Crippen LogP contribution in [0.5, 0.6) is 0 Å². The van der Waals surface area contributed by atoms with Gasteiger partial charge in [-0.25, -0.2) is 0 Å². The highest BCUT2D eigenvalue weighted by Crippen LogP contribution is 2.34. The first-order chi connectivity index (χ1) is 10.7. The van der Waals surface area contributed by atoms with Crippen LogP contribution in [0.25, 0.3) is 32.3 Å². The van der Waals surface area contributed by atoms with Gasteiger partial charge in [-0.05, 0) is 44.5 Å². The Balaban J connectivity index is 0.000000325. The van der Waals surface area contributed by atoms with E-state index >= 15 is 0 Å². The van der Waals surface area contributed by atoms with Crippen LogP contribution in [-0.2, 0) is 0 Å². The van der Waals surface area contributed by atoms with E-state index in [1.165, 1.54) is 32.3 Å². The highest BCUT2D eigenvalue weighted by atomic mass is 32.1. The minimum absolute atomic E-state index is 0.000000000000000222. The molecule has 4 aromatic carbocycles. The van der Waals surface area contributed by atoms with Gasteiger partial charge in [0.15, 0.2) is 5.11 Å². The molecule has 4 aromatic rings. The number of benzene rings is 4. The molecule has 22 heavy (non-hydrogen) atoms. The van der Waals surface area contributed by atoms with Crippen LogP contribution in [0.15, 0.2) is 72.8 Å². The molecule has 0 bridgehead atoms. The molecule has 2 nitrogen and oxygen atoms in total. The number of thiocarbonyl (C=S) groups is 1. The molecule has 108 valence electrons. The highest BCUT2D eigenvalue weighted by Gasteiger charge is 2.06. The summed E-state index contributed by atoms with van der Waals surface area (Å²) in [7, 11) is 0. The Morgan fingerprint density at radius 1 is 0.500 bits per heavy atom. The third kappa shape index (κ3) is 2.59. The van der Waals surface area contributed by atoms with Crippen LogP contribution in [0, 0.1) is 0 Å². The van der Waals surface area contributed by atoms with Crippen molar-refractivity contribution >= 4 is 49.6 Å². The van der Waals surface area contributed by atoms with Gasteiger partial charge >= 0.3 is 0 Å². The van der Waals surface area contributed by atoms with E-state index in [9.17, 15) is 0 Å². The molecule has 4 N–H and O–H groups in total. The molecule has 0 spiro atoms. The minimum atomic E-state index is 0.000000000000000222. The lowest BCUT2D eigenvalue weighted by molar-refractivity contribution is 1.65. The van der Waals surface area contributed by atoms with E-state index in [0.29, 0.717) is 0 Å². The van der Waals surface area contributed by atoms with Gasteiger partial charge in [-0.1, -0.05) is 72.8 Å². The third-order valence-electron chi connectivity index (χ3n) is 3.65. The summed E-state index contributed by atoms with van der Waals surface area (Å²) >= 11 is 4.09. The molecule has 0 saturated carbocycles. The second-order valence-corrected chi connectivity index (χ2v) is 5.51. The Hall–Kier alpha value is -2.65. The van der Waals surface area contributed by atoms with Crippen LogP contribution in [0.2, 0.25) is 0 Å². The van der Waals surface area contributed by atoms with Gasteiger partial charge in [0, 0.05) is 0 Å². The topological polar surface area (TPSA) is 52.0 Å². The standard InChI is InChI=1S/C18H12.CH4N2S/c1-2-8-14-13(7-1)15-9-3-4-11-17(15)18-12-6-5-10-16(14)18;2-1(3)4/h1-12H;(H4,2,3,4). The fourth-order valence-electron chi connectivity index (χ4n) is 2.86. The first kappa shape index (κ1) is 14.3. The fourth-order valence-corrected chi connectivity index (χ4v) is 2.86. The molecule has 0 aliphatic heterocycles. The number of fused-ring (bicyclic) bond motifs is 6. The SMILES string of the molecule is NC(N)=S.c1ccc2c(c1)c1ccccc1c1ccccc21. The van der Waals surface area contributed by atoms with Gasteiger partial charge in [-0.15, -0.1) is 0 Å². The monoisotopic (exact) mass is 304 g/mol. The van der Waals surface area contributed by atoms with Gasteiger partial charge in [0.2, 0.25) is 0 Å². The normalized spacial score (nSPS) is 10.4. The maximum atomic E-state index is 4.62. The number of hydrogen-bond donors (Lipinski definition) is 2. The van der Waals surface area contributed by atoms with Crippen LogP contribution in [0.4, 0.5) is 0 Å². The van der Waals surface area contributed by atoms with Gasteiger partial charge < -0.3 is 11.5 Å². The molecule has 0 fully saturated rings. The predicted octanol–water partition coefficient (Wildman–Crippen LogP) is 4.33. The molecule has 0 atom stereocenters. The van der Waals surface area contributed by atoms with Crippen molar-refractivity contribution in [2.24, 2.45) is 11.5 Å². The van der Waals surface area contributed by atoms with E-state index in [1.807, 2.05) is 0 Å². The van der Waals surface area contributed by atoms with Crippen molar-refractivity contribution in [1.29, 1.82) is 0 Å². The van der Waals surface area contributed by atoms with Gasteiger partial charge in [-0.3, -0.25) is 0 Å². The maximum Gasteiger partial charge on any atom is 0.160 e. The zero-order valence-electron chi connectivity index (χ0n) is 12.0. The minimum Gasteiger partial charge on any atom is -0.377 e. The van der Waals surface area contributed by atoms with E-state index in [-0.39, 0.29) is 5.11 Å². The lowest BCUT2D eigenvalue weighted by atomic mass is 9.95. The summed E-state index contributed by atoms with van der Waals surface area (Å²) in [6, 6.07) is 26.0. The number of nitrogens with two attached hydrogens (primary N) is 2. The van der Waals surface area contributed by atoms with Crippen molar-refractivity contribution in [3.8, 4) is 0 Å². The van der Waals surface area contributed by atoms with E-state index in [4.69, 9.17) is 0 Å². The smallest absolute Gasteiger partial charge is 0.160 e. The summed E-state index contributed by atoms with van der Waals surface area (Å²) < 4.78 is 0. The van der Waals surface area contributed by atoms with Crippen molar-refractivity contribution < 1.29 is 0 Å². The lowest BCUT2D eigenvalue weighted by Crippen LogP contribution is -2.18. The van der Waals surface area contributed by atoms with E-state index in [0.717, 1.165) is 0 Å². The van der Waals surface area contributed by atoms with Gasteiger partial charge in [0.05, 0.1) is 0 Å². The predicted molar refractivity (Wildman–Crippen MR) is 99.9 cm³/mol. The van der Waals surface area contributed by atoms with Crippen LogP contribution in [0.3, 0.4) is 0 Å². The van der Waals surface area contributed by atoms with Crippen molar-refractivity contribution in [2.75, 3.05) is 0 Å². The van der Waals surface area contributed by atoms with Crippen LogP contribution in [-0.4, -0.2) is 5.11 Å². The van der Waals surface area contributed by atoms with Gasteiger partial charge in [0.1, 0.15) is 0 Å². The molecule has 0 unspecified atom stereocenters. The second kappa shape index (κ2) is 6.00. The Labute approximate surface area is 134 Å². The summed E-state index contributed by atoms with van der Waals surface area (Å²) in [5.41, 5.74) is 9.24. The molecule has 0 radical (unpaired) electrons. The Morgan fingerprint density at radius 3 is 0.773 bits per heavy atom. The van der Waals surface area contributed by atoms with E-state index in [2.05, 4.69) is 96.5 Å². The molecule has 0 aliphatic carbocycles. The molecular formula is C19H16N2S. The second-order valence-electron chi connectivity index (χ2n) is 5.04. The first-order valence-electron chi connectivity index (χ1n) is 7.01. The zero-order valence-corrected chi connectivity index (χ0v) is 12.8. The third-order valence-corrected chi connectivity index (χ3v) is 3.65. The Bertz CT molecular complexity index is 752. The van der Waals surface area contributed by atoms with E-state index in [1.54, 1.807) is 0 Å². The average Bonchev–Trinajstić information content (AvgIpc) is 2.55. The molecule has 0 amide bonds. The number of hydrogen-bond acceptors (Lipinski definition) is 1. The van der Waals surface area contributed by atoms with Crippen LogP contribution in [0.1, 0.15) is 0 Å². The van der Waals surface area contributed by atoms with E-state index < -0.39 is 0 Å². The largest absolute Gasteiger partial charge is 0.377 e. The quantitative estimate of drug-likeness (QED) is 0.375. The molecule has 3 heteroatoms. The maximum absolute atomic E-state index is 4.62. The summed E-state index contributed by atoms with van der Waals surface area (Å²) in [6.45, 7) is 0. The van der Waals surface area contributed by atoms with Crippen molar-refractivity contribution in [3.05, 3.63) is 72.8 Å². The molecule has 0 aliphatic rings. The van der Waals surface area contributed by atoms with Gasteiger partial charge in [-0.2, -0.15) is 0 Å². The molecular weight excluding hydrogens is 288 g/mol. The molecule has 0 saturated heterocycles. The van der Waals surface area contributed by atoms with Gasteiger partial charge in [0.25, 0.3) is 0 Å². The lowest BCUT2D eigenvalue weighted by Gasteiger charge is -2.09. The summed E-state index contributed by atoms with van der Waals surface area (Å²) in [6.07, 6.45) is 0. The van der Waals surface area contributed by atoms with Crippen molar-refractivity contribution in [2.45, 2.75) is 0 Å². The van der Waals surface area contributed by atoms with Crippen LogP contribution >= 0.6 is 12.2 Å². The fraction of sp³-hybridized carbons (Fsp3) is 0. The highest BCUT2D eigenvalue weighted by molar-refractivity contribution is 7.80. The molecule has 0 heterocycles. The number of rotatable bonds is 0. The Kier molecular flexibility index (Phi) is 3.90. The summed E-state index contributed by atoms with van der Waals surface area (Å²) in [5.74, 6) is 0. The van der Waals surface area contributed by atoms with Crippen LogP contribution < -0.4 is 11.5 Å².